The molecule has 3 aromatic carbocycles. The lowest BCUT2D eigenvalue weighted by Gasteiger charge is -2.26. The Labute approximate surface area is 183 Å². The molecular weight excluding hydrogens is 386 g/mol. The molecule has 0 aromatic heterocycles. The van der Waals surface area contributed by atoms with Crippen LogP contribution >= 0.6 is 0 Å². The second-order valence-electron chi connectivity index (χ2n) is 8.36. The lowest BCUT2D eigenvalue weighted by Crippen LogP contribution is -2.36. The van der Waals surface area contributed by atoms with E-state index >= 15 is 0 Å². The first-order valence-corrected chi connectivity index (χ1v) is 11.1. The first-order valence-electron chi connectivity index (χ1n) is 11.1. The van der Waals surface area contributed by atoms with Gasteiger partial charge >= 0.3 is 0 Å². The third kappa shape index (κ3) is 3.87. The highest BCUT2D eigenvalue weighted by Gasteiger charge is 2.30. The van der Waals surface area contributed by atoms with Crippen LogP contribution in [0.4, 0.5) is 0 Å². The predicted molar refractivity (Wildman–Crippen MR) is 124 cm³/mol. The van der Waals surface area contributed by atoms with Gasteiger partial charge in [-0.1, -0.05) is 60.7 Å². The van der Waals surface area contributed by atoms with E-state index in [2.05, 4.69) is 47.4 Å². The minimum absolute atomic E-state index is 0.0484. The van der Waals surface area contributed by atoms with Crippen LogP contribution in [0.1, 0.15) is 35.1 Å². The summed E-state index contributed by atoms with van der Waals surface area (Å²) < 4.78 is 11.0. The van der Waals surface area contributed by atoms with Crippen molar-refractivity contribution in [3.63, 3.8) is 0 Å². The Kier molecular flexibility index (Phi) is 5.77. The van der Waals surface area contributed by atoms with Gasteiger partial charge in [-0.15, -0.1) is 0 Å². The molecule has 2 atom stereocenters. The van der Waals surface area contributed by atoms with Crippen molar-refractivity contribution < 1.29 is 14.6 Å². The Balaban J connectivity index is 1.46. The molecule has 0 amide bonds. The van der Waals surface area contributed by atoms with E-state index < -0.39 is 6.10 Å². The second-order valence-corrected chi connectivity index (χ2v) is 8.36. The summed E-state index contributed by atoms with van der Waals surface area (Å²) in [5.74, 6) is 0.785. The quantitative estimate of drug-likeness (QED) is 0.629. The average molecular weight is 416 g/mol. The van der Waals surface area contributed by atoms with E-state index in [1.54, 1.807) is 7.11 Å². The van der Waals surface area contributed by atoms with Gasteiger partial charge in [0.15, 0.2) is 0 Å². The molecule has 1 N–H and O–H groups in total. The monoisotopic (exact) mass is 415 g/mol. The number of aliphatic hydroxyl groups is 1. The Hall–Kier alpha value is -2.66. The van der Waals surface area contributed by atoms with Crippen LogP contribution in [0, 0.1) is 0 Å². The molecule has 1 aliphatic heterocycles. The van der Waals surface area contributed by atoms with E-state index in [0.29, 0.717) is 0 Å². The molecule has 1 aliphatic carbocycles. The van der Waals surface area contributed by atoms with Crippen molar-refractivity contribution >= 4 is 16.3 Å². The number of ether oxygens (including phenoxy) is 2. The maximum absolute atomic E-state index is 11.6. The normalized spacial score (nSPS) is 19.8. The fourth-order valence-electron chi connectivity index (χ4n) is 4.98. The highest BCUT2D eigenvalue weighted by molar-refractivity contribution is 5.91. The molecule has 2 unspecified atom stereocenters. The summed E-state index contributed by atoms with van der Waals surface area (Å²) in [6, 6.07) is 20.6. The maximum Gasteiger partial charge on any atom is 0.126 e. The first-order chi connectivity index (χ1) is 15.3. The minimum atomic E-state index is -0.613. The zero-order chi connectivity index (χ0) is 21.2. The van der Waals surface area contributed by atoms with Gasteiger partial charge in [0, 0.05) is 30.9 Å². The average Bonchev–Trinajstić information content (AvgIpc) is 3.21. The second kappa shape index (κ2) is 8.83. The van der Waals surface area contributed by atoms with Crippen LogP contribution in [0.5, 0.6) is 5.75 Å². The molecule has 3 aromatic rings. The van der Waals surface area contributed by atoms with Crippen LogP contribution < -0.4 is 4.74 Å². The molecule has 0 bridgehead atoms. The van der Waals surface area contributed by atoms with Gasteiger partial charge in [0.05, 0.1) is 26.4 Å². The van der Waals surface area contributed by atoms with Crippen molar-refractivity contribution in [3.8, 4) is 5.75 Å². The van der Waals surface area contributed by atoms with Crippen molar-refractivity contribution in [2.45, 2.75) is 18.4 Å². The standard InChI is InChI=1S/C27H29NO3/c1-30-26-11-10-24(22-8-4-5-9-23(22)26)27(29)25-18-19(20-6-2-3-7-21(20)25)12-13-28-14-16-31-17-15-28/h2-11,18,25,27,29H,12-17H2,1H3. The summed E-state index contributed by atoms with van der Waals surface area (Å²) in [4.78, 5) is 2.47. The Bertz CT molecular complexity index is 1100. The summed E-state index contributed by atoms with van der Waals surface area (Å²) in [7, 11) is 1.69. The molecule has 1 heterocycles. The third-order valence-electron chi connectivity index (χ3n) is 6.64. The molecule has 31 heavy (non-hydrogen) atoms. The lowest BCUT2D eigenvalue weighted by atomic mass is 9.88. The summed E-state index contributed by atoms with van der Waals surface area (Å²) in [5, 5.41) is 13.6. The summed E-state index contributed by atoms with van der Waals surface area (Å²) in [5.41, 5.74) is 4.77. The fourth-order valence-corrected chi connectivity index (χ4v) is 4.98. The van der Waals surface area contributed by atoms with Crippen molar-refractivity contribution in [2.75, 3.05) is 40.0 Å². The van der Waals surface area contributed by atoms with Crippen LogP contribution in [0.15, 0.2) is 66.7 Å². The van der Waals surface area contributed by atoms with Gasteiger partial charge in [-0.25, -0.2) is 0 Å². The lowest BCUT2D eigenvalue weighted by molar-refractivity contribution is 0.0390. The third-order valence-corrected chi connectivity index (χ3v) is 6.64. The number of hydrogen-bond acceptors (Lipinski definition) is 4. The number of morpholine rings is 1. The molecule has 1 saturated heterocycles. The Morgan fingerprint density at radius 1 is 1.00 bits per heavy atom. The van der Waals surface area contributed by atoms with Crippen LogP contribution in [-0.2, 0) is 4.74 Å². The van der Waals surface area contributed by atoms with E-state index in [4.69, 9.17) is 9.47 Å². The van der Waals surface area contributed by atoms with Crippen molar-refractivity contribution in [2.24, 2.45) is 0 Å². The van der Waals surface area contributed by atoms with E-state index in [9.17, 15) is 5.11 Å². The molecule has 5 rings (SSSR count). The summed E-state index contributed by atoms with van der Waals surface area (Å²) in [6.07, 6.45) is 2.66. The van der Waals surface area contributed by atoms with Gasteiger partial charge < -0.3 is 14.6 Å². The van der Waals surface area contributed by atoms with Crippen LogP contribution in [0.25, 0.3) is 16.3 Å². The van der Waals surface area contributed by atoms with Crippen LogP contribution in [0.2, 0.25) is 0 Å². The number of aliphatic hydroxyl groups excluding tert-OH is 1. The number of nitrogens with zero attached hydrogens (tertiary/aromatic N) is 1. The number of rotatable bonds is 6. The topological polar surface area (TPSA) is 41.9 Å². The molecule has 0 radical (unpaired) electrons. The molecule has 1 fully saturated rings. The number of fused-ring (bicyclic) bond motifs is 2. The van der Waals surface area contributed by atoms with Gasteiger partial charge in [0.2, 0.25) is 0 Å². The van der Waals surface area contributed by atoms with Crippen molar-refractivity contribution in [3.05, 3.63) is 83.4 Å². The van der Waals surface area contributed by atoms with E-state index in [0.717, 1.165) is 61.4 Å². The summed E-state index contributed by atoms with van der Waals surface area (Å²) >= 11 is 0. The number of hydrogen-bond donors (Lipinski definition) is 1. The van der Waals surface area contributed by atoms with Crippen LogP contribution in [0.3, 0.4) is 0 Å². The van der Waals surface area contributed by atoms with Crippen molar-refractivity contribution in [1.29, 1.82) is 0 Å². The highest BCUT2D eigenvalue weighted by atomic mass is 16.5. The van der Waals surface area contributed by atoms with Crippen molar-refractivity contribution in [1.82, 2.24) is 4.90 Å². The van der Waals surface area contributed by atoms with Gasteiger partial charge in [-0.2, -0.15) is 0 Å². The zero-order valence-electron chi connectivity index (χ0n) is 18.0. The molecular formula is C27H29NO3. The summed E-state index contributed by atoms with van der Waals surface area (Å²) in [6.45, 7) is 4.67. The van der Waals surface area contributed by atoms with Gasteiger partial charge in [-0.05, 0) is 40.1 Å². The minimum Gasteiger partial charge on any atom is -0.496 e. The largest absolute Gasteiger partial charge is 0.496 e. The molecule has 2 aliphatic rings. The number of benzene rings is 3. The Morgan fingerprint density at radius 2 is 1.74 bits per heavy atom. The predicted octanol–water partition coefficient (Wildman–Crippen LogP) is 4.78. The Morgan fingerprint density at radius 3 is 2.55 bits per heavy atom. The van der Waals surface area contributed by atoms with E-state index in [-0.39, 0.29) is 5.92 Å². The maximum atomic E-state index is 11.6. The fraction of sp³-hybridized carbons (Fsp3) is 0.333. The van der Waals surface area contributed by atoms with Gasteiger partial charge in [0.1, 0.15) is 5.75 Å². The molecule has 4 nitrogen and oxygen atoms in total. The zero-order valence-corrected chi connectivity index (χ0v) is 18.0. The smallest absolute Gasteiger partial charge is 0.126 e. The molecule has 0 saturated carbocycles. The molecule has 0 spiro atoms. The first kappa shape index (κ1) is 20.3. The highest BCUT2D eigenvalue weighted by Crippen LogP contribution is 2.45. The van der Waals surface area contributed by atoms with Gasteiger partial charge in [0.25, 0.3) is 0 Å². The molecule has 160 valence electrons. The molecule has 4 heteroatoms. The number of methoxy groups -OCH3 is 1. The van der Waals surface area contributed by atoms with E-state index in [1.807, 2.05) is 24.3 Å². The SMILES string of the molecule is COc1ccc(C(O)C2C=C(CCN3CCOCC3)c3ccccc32)c2ccccc12. The van der Waals surface area contributed by atoms with Crippen LogP contribution in [-0.4, -0.2) is 50.0 Å². The van der Waals surface area contributed by atoms with Gasteiger partial charge in [-0.3, -0.25) is 4.90 Å². The van der Waals surface area contributed by atoms with E-state index in [1.165, 1.54) is 16.7 Å².